The summed E-state index contributed by atoms with van der Waals surface area (Å²) in [5, 5.41) is 34.7. The molecule has 10 nitrogen and oxygen atoms in total. The number of piperidine rings is 1. The number of guanidine groups is 1. The van der Waals surface area contributed by atoms with Gasteiger partial charge in [-0.1, -0.05) is 42.5 Å². The Kier molecular flexibility index (Phi) is 9.87. The number of anilines is 1. The van der Waals surface area contributed by atoms with Crippen molar-refractivity contribution < 1.29 is 19.8 Å². The Morgan fingerprint density at radius 2 is 1.78 bits per heavy atom. The maximum atomic E-state index is 12.1. The predicted octanol–water partition coefficient (Wildman–Crippen LogP) is 4.41. The monoisotopic (exact) mass is 556 g/mol. The van der Waals surface area contributed by atoms with E-state index in [1.165, 1.54) is 5.56 Å². The number of carbonyl (C=O) groups is 2. The van der Waals surface area contributed by atoms with Crippen LogP contribution in [0.2, 0.25) is 0 Å². The zero-order valence-corrected chi connectivity index (χ0v) is 23.4. The maximum absolute atomic E-state index is 12.1. The Hall–Kier alpha value is -4.49. The first-order valence-electron chi connectivity index (χ1n) is 13.8. The van der Waals surface area contributed by atoms with E-state index in [4.69, 9.17) is 0 Å². The van der Waals surface area contributed by atoms with E-state index in [1.54, 1.807) is 38.1 Å². The topological polar surface area (TPSA) is 150 Å². The number of hydrogen-bond donors (Lipinski definition) is 4. The van der Waals surface area contributed by atoms with Crippen LogP contribution in [0.25, 0.3) is 0 Å². The molecule has 2 aliphatic heterocycles. The molecule has 0 bridgehead atoms. The van der Waals surface area contributed by atoms with Crippen molar-refractivity contribution in [3.63, 3.8) is 0 Å². The number of nitrogens with one attached hydrogen (secondary N) is 2. The molecule has 2 heterocycles. The lowest BCUT2D eigenvalue weighted by molar-refractivity contribution is -0.140. The van der Waals surface area contributed by atoms with E-state index in [-0.39, 0.29) is 17.2 Å². The molecule has 10 heteroatoms. The predicted molar refractivity (Wildman–Crippen MR) is 158 cm³/mol. The number of benzene rings is 2. The first kappa shape index (κ1) is 29.5. The zero-order chi connectivity index (χ0) is 29.4. The summed E-state index contributed by atoms with van der Waals surface area (Å²) in [6.07, 6.45) is 5.01. The van der Waals surface area contributed by atoms with E-state index >= 15 is 0 Å². The average molecular weight is 557 g/mol. The minimum atomic E-state index is -1.20. The third-order valence-electron chi connectivity index (χ3n) is 7.77. The SMILES string of the molecule is CC1=NC(C)=C(C(=O)O)C(c2cccc(NC(=NCCCN3CCC(c4ccccc4)CC3)NC#N)c2)C1C(=O)O. The molecule has 0 radical (unpaired) electrons. The summed E-state index contributed by atoms with van der Waals surface area (Å²) in [4.78, 5) is 35.4. The van der Waals surface area contributed by atoms with Gasteiger partial charge in [0.05, 0.1) is 5.57 Å². The maximum Gasteiger partial charge on any atom is 0.334 e. The Labute approximate surface area is 240 Å². The van der Waals surface area contributed by atoms with Crippen LogP contribution in [0, 0.1) is 17.4 Å². The minimum absolute atomic E-state index is 0.0445. The summed E-state index contributed by atoms with van der Waals surface area (Å²) >= 11 is 0. The summed E-state index contributed by atoms with van der Waals surface area (Å²) in [6, 6.07) is 17.5. The van der Waals surface area contributed by atoms with Gasteiger partial charge in [-0.15, -0.1) is 0 Å². The fourth-order valence-electron chi connectivity index (χ4n) is 5.81. The van der Waals surface area contributed by atoms with Crippen molar-refractivity contribution >= 4 is 29.3 Å². The lowest BCUT2D eigenvalue weighted by Crippen LogP contribution is -2.35. The number of hydrogen-bond acceptors (Lipinski definition) is 6. The molecule has 2 atom stereocenters. The lowest BCUT2D eigenvalue weighted by Gasteiger charge is -2.32. The van der Waals surface area contributed by atoms with Crippen molar-refractivity contribution in [2.45, 2.75) is 44.9 Å². The molecule has 2 aliphatic rings. The van der Waals surface area contributed by atoms with Gasteiger partial charge in [-0.3, -0.25) is 20.1 Å². The van der Waals surface area contributed by atoms with Crippen molar-refractivity contribution in [2.24, 2.45) is 15.9 Å². The van der Waals surface area contributed by atoms with Crippen LogP contribution < -0.4 is 10.6 Å². The number of nitrogens with zero attached hydrogens (tertiary/aromatic N) is 4. The van der Waals surface area contributed by atoms with Crippen LogP contribution in [0.15, 0.2) is 75.9 Å². The molecule has 2 aromatic carbocycles. The van der Waals surface area contributed by atoms with Crippen molar-refractivity contribution in [3.8, 4) is 6.19 Å². The van der Waals surface area contributed by atoms with Crippen LogP contribution in [0.5, 0.6) is 0 Å². The van der Waals surface area contributed by atoms with Crippen LogP contribution in [0.4, 0.5) is 5.69 Å². The molecule has 0 aliphatic carbocycles. The van der Waals surface area contributed by atoms with Gasteiger partial charge in [0.1, 0.15) is 5.92 Å². The number of likely N-dealkylation sites (tertiary alicyclic amines) is 1. The largest absolute Gasteiger partial charge is 0.481 e. The number of nitriles is 1. The van der Waals surface area contributed by atoms with Gasteiger partial charge in [0.15, 0.2) is 6.19 Å². The Morgan fingerprint density at radius 3 is 2.44 bits per heavy atom. The quantitative estimate of drug-likeness (QED) is 0.117. The van der Waals surface area contributed by atoms with Gasteiger partial charge in [0.25, 0.3) is 0 Å². The van der Waals surface area contributed by atoms with Gasteiger partial charge < -0.3 is 20.4 Å². The number of allylic oxidation sites excluding steroid dienone is 1. The van der Waals surface area contributed by atoms with E-state index in [9.17, 15) is 25.1 Å². The molecule has 4 rings (SSSR count). The van der Waals surface area contributed by atoms with Crippen molar-refractivity contribution in [3.05, 3.63) is 77.0 Å². The van der Waals surface area contributed by atoms with Crippen LogP contribution in [0.1, 0.15) is 56.1 Å². The summed E-state index contributed by atoms with van der Waals surface area (Å²) in [5.74, 6) is -3.49. The van der Waals surface area contributed by atoms with E-state index in [2.05, 4.69) is 55.9 Å². The van der Waals surface area contributed by atoms with Crippen molar-refractivity contribution in [2.75, 3.05) is 31.5 Å². The van der Waals surface area contributed by atoms with Crippen molar-refractivity contribution in [1.29, 1.82) is 5.26 Å². The van der Waals surface area contributed by atoms with E-state index < -0.39 is 23.8 Å². The highest BCUT2D eigenvalue weighted by molar-refractivity contribution is 6.06. The number of carboxylic acid groups (broad SMARTS) is 2. The smallest absolute Gasteiger partial charge is 0.334 e. The molecule has 0 aromatic heterocycles. The van der Waals surface area contributed by atoms with Gasteiger partial charge in [-0.05, 0) is 81.9 Å². The summed E-state index contributed by atoms with van der Waals surface area (Å²) in [5.41, 5.74) is 3.07. The minimum Gasteiger partial charge on any atom is -0.481 e. The third-order valence-corrected chi connectivity index (χ3v) is 7.77. The van der Waals surface area contributed by atoms with E-state index in [0.717, 1.165) is 38.9 Å². The summed E-state index contributed by atoms with van der Waals surface area (Å²) in [6.45, 7) is 6.71. The second kappa shape index (κ2) is 13.7. The highest BCUT2D eigenvalue weighted by atomic mass is 16.4. The summed E-state index contributed by atoms with van der Waals surface area (Å²) < 4.78 is 0. The average Bonchev–Trinajstić information content (AvgIpc) is 2.95. The molecule has 2 unspecified atom stereocenters. The van der Waals surface area contributed by atoms with E-state index in [0.29, 0.717) is 29.4 Å². The van der Waals surface area contributed by atoms with Gasteiger partial charge >= 0.3 is 11.9 Å². The Bertz CT molecular complexity index is 1390. The van der Waals surface area contributed by atoms with Gasteiger partial charge in [-0.2, -0.15) is 5.26 Å². The normalized spacial score (nSPS) is 20.2. The second-order valence-corrected chi connectivity index (χ2v) is 10.4. The van der Waals surface area contributed by atoms with Crippen LogP contribution in [-0.2, 0) is 9.59 Å². The molecule has 1 saturated heterocycles. The van der Waals surface area contributed by atoms with Crippen LogP contribution in [0.3, 0.4) is 0 Å². The lowest BCUT2D eigenvalue weighted by atomic mass is 9.75. The van der Waals surface area contributed by atoms with Gasteiger partial charge in [0.2, 0.25) is 5.96 Å². The Morgan fingerprint density at radius 1 is 1.07 bits per heavy atom. The van der Waals surface area contributed by atoms with Gasteiger partial charge in [0, 0.05) is 29.6 Å². The number of aliphatic carboxylic acids is 2. The number of aliphatic imine (C=N–C) groups is 2. The summed E-state index contributed by atoms with van der Waals surface area (Å²) in [7, 11) is 0. The molecule has 4 N–H and O–H groups in total. The van der Waals surface area contributed by atoms with Gasteiger partial charge in [-0.25, -0.2) is 4.79 Å². The molecule has 214 valence electrons. The third kappa shape index (κ3) is 7.38. The van der Waals surface area contributed by atoms with Crippen molar-refractivity contribution in [1.82, 2.24) is 10.2 Å². The molecular formula is C31H36N6O4. The number of rotatable bonds is 9. The Balaban J connectivity index is 1.39. The first-order chi connectivity index (χ1) is 19.8. The molecular weight excluding hydrogens is 520 g/mol. The van der Waals surface area contributed by atoms with Crippen LogP contribution in [-0.4, -0.2) is 64.9 Å². The van der Waals surface area contributed by atoms with E-state index in [1.807, 2.05) is 6.19 Å². The highest BCUT2D eigenvalue weighted by Gasteiger charge is 2.41. The van der Waals surface area contributed by atoms with Crippen LogP contribution >= 0.6 is 0 Å². The molecule has 0 amide bonds. The first-order valence-corrected chi connectivity index (χ1v) is 13.8. The molecule has 1 fully saturated rings. The molecule has 41 heavy (non-hydrogen) atoms. The number of carboxylic acids is 2. The highest BCUT2D eigenvalue weighted by Crippen LogP contribution is 2.39. The molecule has 0 saturated carbocycles. The molecule has 2 aromatic rings. The fraction of sp³-hybridized carbons (Fsp3) is 0.387. The second-order valence-electron chi connectivity index (χ2n) is 10.4. The zero-order valence-electron chi connectivity index (χ0n) is 23.4. The fourth-order valence-corrected chi connectivity index (χ4v) is 5.81. The molecule has 0 spiro atoms. The standard InChI is InChI=1S/C31H36N6O4/c1-20-26(29(38)39)28(27(30(40)41)21(2)35-20)24-10-6-11-25(18-24)36-31(34-19-32)33-14-7-15-37-16-12-23(13-17-37)22-8-4-3-5-9-22/h3-6,8-11,18,23,26,28H,7,12-17H2,1-2H3,(H,38,39)(H,40,41)(H2,33,34,36).